The number of aromatic nitrogens is 2. The maximum Gasteiger partial charge on any atom is 0.300 e. The van der Waals surface area contributed by atoms with Gasteiger partial charge in [-0.1, -0.05) is 0 Å². The summed E-state index contributed by atoms with van der Waals surface area (Å²) in [7, 11) is 1.83. The SMILES string of the molecule is CC(=O)O.CN1CC2(CCN(c3nccc(N)n3)CC2)OCC1=O. The number of carbonyl (C=O) groups excluding carboxylic acids is 1. The number of amides is 1. The number of nitrogens with two attached hydrogens (primary N) is 1. The van der Waals surface area contributed by atoms with Gasteiger partial charge in [-0.05, 0) is 18.9 Å². The normalized spacial score (nSPS) is 19.7. The minimum Gasteiger partial charge on any atom is -0.481 e. The molecular weight excluding hydrogens is 314 g/mol. The zero-order chi connectivity index (χ0) is 17.7. The lowest BCUT2D eigenvalue weighted by Crippen LogP contribution is -2.57. The summed E-state index contributed by atoms with van der Waals surface area (Å²) in [6, 6.07) is 1.68. The van der Waals surface area contributed by atoms with E-state index in [0.717, 1.165) is 32.9 Å². The molecule has 1 aromatic rings. The molecule has 0 unspecified atom stereocenters. The Hall–Kier alpha value is -2.42. The number of aliphatic carboxylic acids is 1. The van der Waals surface area contributed by atoms with Crippen molar-refractivity contribution in [3.8, 4) is 0 Å². The van der Waals surface area contributed by atoms with Crippen molar-refractivity contribution in [2.45, 2.75) is 25.4 Å². The Bertz CT molecular complexity index is 597. The number of carboxylic acids is 1. The zero-order valence-corrected chi connectivity index (χ0v) is 13.9. The van der Waals surface area contributed by atoms with E-state index in [1.165, 1.54) is 0 Å². The van der Waals surface area contributed by atoms with Crippen LogP contribution in [-0.2, 0) is 14.3 Å². The Morgan fingerprint density at radius 3 is 2.58 bits per heavy atom. The summed E-state index contributed by atoms with van der Waals surface area (Å²) < 4.78 is 5.81. The molecule has 1 amide bonds. The maximum absolute atomic E-state index is 11.5. The van der Waals surface area contributed by atoms with Crippen LogP contribution in [0.5, 0.6) is 0 Å². The van der Waals surface area contributed by atoms with Crippen molar-refractivity contribution >= 4 is 23.6 Å². The molecule has 2 saturated heterocycles. The second kappa shape index (κ2) is 7.43. The fourth-order valence-electron chi connectivity index (χ4n) is 2.82. The lowest BCUT2D eigenvalue weighted by molar-refractivity contribution is -0.164. The summed E-state index contributed by atoms with van der Waals surface area (Å²) in [5, 5.41) is 7.42. The largest absolute Gasteiger partial charge is 0.481 e. The van der Waals surface area contributed by atoms with E-state index in [1.807, 2.05) is 7.05 Å². The molecule has 1 aromatic heterocycles. The average Bonchev–Trinajstić information content (AvgIpc) is 2.52. The van der Waals surface area contributed by atoms with Crippen LogP contribution in [0.25, 0.3) is 0 Å². The molecule has 3 rings (SSSR count). The number of piperidine rings is 1. The number of carbonyl (C=O) groups is 2. The van der Waals surface area contributed by atoms with Crippen LogP contribution >= 0.6 is 0 Å². The van der Waals surface area contributed by atoms with Crippen LogP contribution in [0.1, 0.15) is 19.8 Å². The van der Waals surface area contributed by atoms with Gasteiger partial charge in [0.25, 0.3) is 5.97 Å². The number of likely N-dealkylation sites (N-methyl/N-ethyl adjacent to an activating group) is 1. The molecule has 2 fully saturated rings. The van der Waals surface area contributed by atoms with Gasteiger partial charge in [-0.25, -0.2) is 4.98 Å². The van der Waals surface area contributed by atoms with E-state index in [9.17, 15) is 4.79 Å². The highest BCUT2D eigenvalue weighted by atomic mass is 16.5. The monoisotopic (exact) mass is 337 g/mol. The molecule has 0 aromatic carbocycles. The van der Waals surface area contributed by atoms with Gasteiger partial charge >= 0.3 is 0 Å². The number of morpholine rings is 1. The molecule has 9 heteroatoms. The summed E-state index contributed by atoms with van der Waals surface area (Å²) in [6.07, 6.45) is 3.40. The maximum atomic E-state index is 11.5. The molecule has 2 aliphatic heterocycles. The van der Waals surface area contributed by atoms with Gasteiger partial charge in [0, 0.05) is 39.8 Å². The van der Waals surface area contributed by atoms with Gasteiger partial charge in [0.1, 0.15) is 12.4 Å². The predicted molar refractivity (Wildman–Crippen MR) is 87.5 cm³/mol. The number of anilines is 2. The van der Waals surface area contributed by atoms with Crippen molar-refractivity contribution in [2.75, 3.05) is 43.9 Å². The molecule has 1 spiro atoms. The number of rotatable bonds is 1. The first kappa shape index (κ1) is 17.9. The van der Waals surface area contributed by atoms with E-state index in [4.69, 9.17) is 20.4 Å². The van der Waals surface area contributed by atoms with E-state index in [1.54, 1.807) is 17.2 Å². The molecule has 24 heavy (non-hydrogen) atoms. The summed E-state index contributed by atoms with van der Waals surface area (Å²) in [6.45, 7) is 3.56. The molecule has 0 radical (unpaired) electrons. The molecular formula is C15H23N5O4. The van der Waals surface area contributed by atoms with Crippen molar-refractivity contribution in [2.24, 2.45) is 0 Å². The Kier molecular flexibility index (Phi) is 5.55. The Morgan fingerprint density at radius 2 is 2.04 bits per heavy atom. The Labute approximate surface area is 140 Å². The van der Waals surface area contributed by atoms with Crippen molar-refractivity contribution in [1.29, 1.82) is 0 Å². The number of carboxylic acid groups (broad SMARTS) is 1. The molecule has 0 bridgehead atoms. The van der Waals surface area contributed by atoms with Crippen LogP contribution in [0.4, 0.5) is 11.8 Å². The molecule has 0 atom stereocenters. The van der Waals surface area contributed by atoms with Gasteiger partial charge in [0.15, 0.2) is 0 Å². The number of nitrogen functional groups attached to an aromatic ring is 1. The molecule has 0 saturated carbocycles. The standard InChI is InChI=1S/C13H19N5O2.C2H4O2/c1-17-9-13(20-8-11(17)19)3-6-18(7-4-13)12-15-5-2-10(14)16-12;1-2(3)4/h2,5H,3-4,6-9H2,1H3,(H2,14,15,16);1H3,(H,3,4). The number of hydrogen-bond acceptors (Lipinski definition) is 7. The number of hydrogen-bond donors (Lipinski definition) is 2. The number of ether oxygens (including phenoxy) is 1. The predicted octanol–water partition coefficient (Wildman–Crippen LogP) is -0.0227. The van der Waals surface area contributed by atoms with Gasteiger partial charge in [0.2, 0.25) is 11.9 Å². The molecule has 0 aliphatic carbocycles. The van der Waals surface area contributed by atoms with Gasteiger partial charge in [-0.2, -0.15) is 4.98 Å². The first-order chi connectivity index (χ1) is 11.3. The average molecular weight is 337 g/mol. The summed E-state index contributed by atoms with van der Waals surface area (Å²) in [5.41, 5.74) is 5.48. The molecule has 2 aliphatic rings. The third kappa shape index (κ3) is 4.54. The third-order valence-corrected chi connectivity index (χ3v) is 4.07. The highest BCUT2D eigenvalue weighted by Crippen LogP contribution is 2.31. The van der Waals surface area contributed by atoms with Crippen LogP contribution in [0, 0.1) is 0 Å². The van der Waals surface area contributed by atoms with Gasteiger partial charge in [0.05, 0.1) is 5.60 Å². The van der Waals surface area contributed by atoms with Crippen molar-refractivity contribution < 1.29 is 19.4 Å². The lowest BCUT2D eigenvalue weighted by atomic mass is 9.89. The van der Waals surface area contributed by atoms with E-state index >= 15 is 0 Å². The summed E-state index contributed by atoms with van der Waals surface area (Å²) >= 11 is 0. The van der Waals surface area contributed by atoms with E-state index < -0.39 is 5.97 Å². The fourth-order valence-corrected chi connectivity index (χ4v) is 2.82. The van der Waals surface area contributed by atoms with E-state index in [2.05, 4.69) is 14.9 Å². The van der Waals surface area contributed by atoms with Crippen molar-refractivity contribution in [1.82, 2.24) is 14.9 Å². The fraction of sp³-hybridized carbons (Fsp3) is 0.600. The van der Waals surface area contributed by atoms with Crippen LogP contribution < -0.4 is 10.6 Å². The second-order valence-corrected chi connectivity index (χ2v) is 6.01. The third-order valence-electron chi connectivity index (χ3n) is 4.07. The second-order valence-electron chi connectivity index (χ2n) is 6.01. The molecule has 3 N–H and O–H groups in total. The minimum absolute atomic E-state index is 0.0530. The highest BCUT2D eigenvalue weighted by molar-refractivity contribution is 5.78. The topological polar surface area (TPSA) is 122 Å². The smallest absolute Gasteiger partial charge is 0.300 e. The lowest BCUT2D eigenvalue weighted by Gasteiger charge is -2.46. The highest BCUT2D eigenvalue weighted by Gasteiger charge is 2.41. The quantitative estimate of drug-likeness (QED) is 0.733. The minimum atomic E-state index is -0.833. The van der Waals surface area contributed by atoms with Crippen molar-refractivity contribution in [3.63, 3.8) is 0 Å². The van der Waals surface area contributed by atoms with Gasteiger partial charge < -0.3 is 25.4 Å². The molecule has 9 nitrogen and oxygen atoms in total. The van der Waals surface area contributed by atoms with Crippen LogP contribution in [0.15, 0.2) is 12.3 Å². The molecule has 132 valence electrons. The first-order valence-electron chi connectivity index (χ1n) is 7.72. The zero-order valence-electron chi connectivity index (χ0n) is 13.9. The first-order valence-corrected chi connectivity index (χ1v) is 7.72. The van der Waals surface area contributed by atoms with Crippen molar-refractivity contribution in [3.05, 3.63) is 12.3 Å². The van der Waals surface area contributed by atoms with E-state index in [-0.39, 0.29) is 18.1 Å². The summed E-state index contributed by atoms with van der Waals surface area (Å²) in [4.78, 5) is 32.9. The Morgan fingerprint density at radius 1 is 1.42 bits per heavy atom. The Balaban J connectivity index is 0.000000471. The van der Waals surface area contributed by atoms with Gasteiger partial charge in [-0.3, -0.25) is 9.59 Å². The summed E-state index contributed by atoms with van der Waals surface area (Å²) in [5.74, 6) is 0.367. The molecule has 3 heterocycles. The van der Waals surface area contributed by atoms with Crippen LogP contribution in [0.3, 0.4) is 0 Å². The van der Waals surface area contributed by atoms with Gasteiger partial charge in [-0.15, -0.1) is 0 Å². The number of nitrogens with zero attached hydrogens (tertiary/aromatic N) is 4. The van der Waals surface area contributed by atoms with Crippen LogP contribution in [-0.4, -0.2) is 70.7 Å². The van der Waals surface area contributed by atoms with Crippen LogP contribution in [0.2, 0.25) is 0 Å². The van der Waals surface area contributed by atoms with E-state index in [0.29, 0.717) is 18.3 Å².